The number of carbonyl (C=O) groups is 2. The van der Waals surface area contributed by atoms with Gasteiger partial charge in [-0.25, -0.2) is 14.8 Å². The number of imidazole rings is 2. The number of alkyl halides is 3. The summed E-state index contributed by atoms with van der Waals surface area (Å²) in [6, 6.07) is 13.6. The van der Waals surface area contributed by atoms with Gasteiger partial charge in [-0.1, -0.05) is 48.5 Å². The van der Waals surface area contributed by atoms with Gasteiger partial charge >= 0.3 is 12.3 Å². The molecule has 3 heterocycles. The zero-order valence-electron chi connectivity index (χ0n) is 25.2. The van der Waals surface area contributed by atoms with E-state index in [0.29, 0.717) is 37.2 Å². The van der Waals surface area contributed by atoms with Gasteiger partial charge in [0.1, 0.15) is 28.6 Å². The fourth-order valence-electron chi connectivity index (χ4n) is 5.21. The van der Waals surface area contributed by atoms with Crippen LogP contribution in [-0.2, 0) is 15.7 Å². The van der Waals surface area contributed by atoms with E-state index < -0.39 is 29.6 Å². The molecule has 2 amide bonds. The van der Waals surface area contributed by atoms with E-state index in [1.54, 1.807) is 37.5 Å². The number of aromatic amines is 2. The van der Waals surface area contributed by atoms with Crippen LogP contribution in [0.25, 0.3) is 33.6 Å². The number of carbonyl (C=O) groups excluding carboxylic acids is 2. The third-order valence-electron chi connectivity index (χ3n) is 7.69. The number of likely N-dealkylation sites (tertiary alicyclic amines) is 1. The lowest BCUT2D eigenvalue weighted by molar-refractivity contribution is -0.140. The Labute approximate surface area is 253 Å². The summed E-state index contributed by atoms with van der Waals surface area (Å²) in [5.74, 6) is 0.754. The Bertz CT molecular complexity index is 1620. The third kappa shape index (κ3) is 6.48. The van der Waals surface area contributed by atoms with Crippen LogP contribution in [0.2, 0.25) is 0 Å². The summed E-state index contributed by atoms with van der Waals surface area (Å²) >= 11 is 0. The number of H-pyrrole nitrogens is 2. The first-order chi connectivity index (χ1) is 20.7. The Kier molecular flexibility index (Phi) is 8.28. The van der Waals surface area contributed by atoms with Gasteiger partial charge in [-0.15, -0.1) is 0 Å². The van der Waals surface area contributed by atoms with Crippen molar-refractivity contribution < 1.29 is 27.5 Å². The highest BCUT2D eigenvalue weighted by atomic mass is 19.4. The standard InChI is InChI=1S/C32H35F3N6O3/c1-19(40(5)30(43)44-31(2,3)4)28-36-17-24(37-28)22-12-8-20(9-13-22)21-10-14-23(15-11-21)26-27(32(33,34)35)39-29(38-26)25-7-6-16-41(25)18-42/h8-15,17-19,25H,6-7,16H2,1-5H3,(H,36,37)(H,38,39)/t19-,25-/m0/s1. The average Bonchev–Trinajstić information content (AvgIpc) is 3.75. The number of hydrogen-bond acceptors (Lipinski definition) is 5. The van der Waals surface area contributed by atoms with Crippen molar-refractivity contribution >= 4 is 12.5 Å². The molecule has 1 fully saturated rings. The molecule has 44 heavy (non-hydrogen) atoms. The Balaban J connectivity index is 1.32. The minimum atomic E-state index is -4.63. The van der Waals surface area contributed by atoms with E-state index in [4.69, 9.17) is 4.74 Å². The van der Waals surface area contributed by atoms with Crippen molar-refractivity contribution in [1.29, 1.82) is 0 Å². The molecule has 2 aromatic heterocycles. The van der Waals surface area contributed by atoms with Crippen molar-refractivity contribution in [3.8, 4) is 33.6 Å². The molecule has 0 radical (unpaired) electrons. The zero-order chi connectivity index (χ0) is 31.8. The number of aromatic nitrogens is 4. The van der Waals surface area contributed by atoms with Crippen LogP contribution in [0.15, 0.2) is 54.7 Å². The van der Waals surface area contributed by atoms with Gasteiger partial charge in [-0.05, 0) is 57.2 Å². The van der Waals surface area contributed by atoms with Crippen molar-refractivity contribution in [1.82, 2.24) is 29.7 Å². The van der Waals surface area contributed by atoms with Crippen molar-refractivity contribution in [3.63, 3.8) is 0 Å². The normalized spacial score (nSPS) is 16.2. The quantitative estimate of drug-likeness (QED) is 0.213. The van der Waals surface area contributed by atoms with E-state index in [-0.39, 0.29) is 17.6 Å². The molecule has 232 valence electrons. The minimum absolute atomic E-state index is 0.143. The summed E-state index contributed by atoms with van der Waals surface area (Å²) in [6.07, 6.45) is -1.45. The fraction of sp³-hybridized carbons (Fsp3) is 0.375. The summed E-state index contributed by atoms with van der Waals surface area (Å²) in [6.45, 7) is 7.78. The van der Waals surface area contributed by atoms with Crippen LogP contribution in [0.3, 0.4) is 0 Å². The highest BCUT2D eigenvalue weighted by Gasteiger charge is 2.39. The van der Waals surface area contributed by atoms with Crippen LogP contribution in [-0.4, -0.2) is 61.4 Å². The van der Waals surface area contributed by atoms with Gasteiger partial charge in [-0.3, -0.25) is 4.79 Å². The lowest BCUT2D eigenvalue weighted by Crippen LogP contribution is -2.36. The van der Waals surface area contributed by atoms with E-state index in [0.717, 1.165) is 22.4 Å². The Morgan fingerprint density at radius 3 is 2.18 bits per heavy atom. The molecule has 1 aliphatic heterocycles. The summed E-state index contributed by atoms with van der Waals surface area (Å²) in [5, 5.41) is 0. The first-order valence-corrected chi connectivity index (χ1v) is 14.4. The van der Waals surface area contributed by atoms with Crippen molar-refractivity contribution in [2.75, 3.05) is 13.6 Å². The van der Waals surface area contributed by atoms with Crippen LogP contribution >= 0.6 is 0 Å². The van der Waals surface area contributed by atoms with Crippen LogP contribution in [0.5, 0.6) is 0 Å². The predicted molar refractivity (Wildman–Crippen MR) is 159 cm³/mol. The van der Waals surface area contributed by atoms with Gasteiger partial charge in [0.25, 0.3) is 0 Å². The van der Waals surface area contributed by atoms with Crippen molar-refractivity contribution in [2.45, 2.75) is 64.4 Å². The summed E-state index contributed by atoms with van der Waals surface area (Å²) in [5.41, 5.74) is 1.97. The molecular formula is C32H35F3N6O3. The van der Waals surface area contributed by atoms with Gasteiger partial charge in [0, 0.05) is 19.2 Å². The van der Waals surface area contributed by atoms with Gasteiger partial charge in [0.05, 0.1) is 24.0 Å². The molecule has 5 rings (SSSR count). The highest BCUT2D eigenvalue weighted by molar-refractivity contribution is 5.72. The third-order valence-corrected chi connectivity index (χ3v) is 7.69. The van der Waals surface area contributed by atoms with Gasteiger partial charge in [-0.2, -0.15) is 13.2 Å². The van der Waals surface area contributed by atoms with Crippen LogP contribution in [0, 0.1) is 0 Å². The van der Waals surface area contributed by atoms with Gasteiger partial charge in [0.2, 0.25) is 6.41 Å². The summed E-state index contributed by atoms with van der Waals surface area (Å²) in [4.78, 5) is 41.3. The SMILES string of the molecule is C[C@@H](c1ncc(-c2ccc(-c3ccc(-c4nc([C@@H]5CCCN5C=O)[nH]c4C(F)(F)F)cc3)cc2)[nH]1)N(C)C(=O)OC(C)(C)C. The van der Waals surface area contributed by atoms with Gasteiger partial charge in [0.15, 0.2) is 0 Å². The molecule has 2 N–H and O–H groups in total. The number of rotatable bonds is 7. The molecule has 2 aromatic carbocycles. The fourth-order valence-corrected chi connectivity index (χ4v) is 5.21. The second-order valence-corrected chi connectivity index (χ2v) is 11.9. The van der Waals surface area contributed by atoms with Crippen molar-refractivity contribution in [3.05, 3.63) is 72.1 Å². The van der Waals surface area contributed by atoms with E-state index in [9.17, 15) is 22.8 Å². The topological polar surface area (TPSA) is 107 Å². The molecule has 1 aliphatic rings. The highest BCUT2D eigenvalue weighted by Crippen LogP contribution is 2.39. The van der Waals surface area contributed by atoms with Crippen molar-refractivity contribution in [2.24, 2.45) is 0 Å². The average molecular weight is 609 g/mol. The molecule has 0 aliphatic carbocycles. The second-order valence-electron chi connectivity index (χ2n) is 11.9. The molecule has 0 saturated carbocycles. The Morgan fingerprint density at radius 2 is 1.61 bits per heavy atom. The van der Waals surface area contributed by atoms with E-state index in [2.05, 4.69) is 19.9 Å². The molecule has 0 spiro atoms. The maximum Gasteiger partial charge on any atom is 0.433 e. The Morgan fingerprint density at radius 1 is 1.02 bits per heavy atom. The van der Waals surface area contributed by atoms with Crippen LogP contribution < -0.4 is 0 Å². The number of nitrogens with zero attached hydrogens (tertiary/aromatic N) is 4. The second kappa shape index (κ2) is 11.8. The first-order valence-electron chi connectivity index (χ1n) is 14.4. The van der Waals surface area contributed by atoms with E-state index in [1.165, 1.54) is 9.80 Å². The minimum Gasteiger partial charge on any atom is -0.444 e. The molecular weight excluding hydrogens is 573 g/mol. The Hall–Kier alpha value is -4.61. The molecule has 1 saturated heterocycles. The number of benzene rings is 2. The number of nitrogens with one attached hydrogen (secondary N) is 2. The lowest BCUT2D eigenvalue weighted by atomic mass is 10.0. The molecule has 2 atom stereocenters. The number of hydrogen-bond donors (Lipinski definition) is 2. The molecule has 9 nitrogen and oxygen atoms in total. The first kappa shape index (κ1) is 30.8. The van der Waals surface area contributed by atoms with Crippen LogP contribution in [0.4, 0.5) is 18.0 Å². The summed E-state index contributed by atoms with van der Waals surface area (Å²) < 4.78 is 47.2. The largest absolute Gasteiger partial charge is 0.444 e. The van der Waals surface area contributed by atoms with Crippen LogP contribution in [0.1, 0.15) is 70.0 Å². The van der Waals surface area contributed by atoms with Gasteiger partial charge < -0.3 is 24.5 Å². The zero-order valence-corrected chi connectivity index (χ0v) is 25.2. The lowest BCUT2D eigenvalue weighted by Gasteiger charge is -2.27. The smallest absolute Gasteiger partial charge is 0.433 e. The molecule has 0 bridgehead atoms. The molecule has 0 unspecified atom stereocenters. The predicted octanol–water partition coefficient (Wildman–Crippen LogP) is 7.37. The monoisotopic (exact) mass is 608 g/mol. The van der Waals surface area contributed by atoms with E-state index in [1.807, 2.05) is 52.0 Å². The van der Waals surface area contributed by atoms with E-state index >= 15 is 0 Å². The maximum absolute atomic E-state index is 13.9. The molecule has 12 heteroatoms. The molecule has 4 aromatic rings. The maximum atomic E-state index is 13.9. The summed E-state index contributed by atoms with van der Waals surface area (Å²) in [7, 11) is 1.66. The number of ether oxygens (including phenoxy) is 1. The number of halogens is 3. The number of amides is 2.